The summed E-state index contributed by atoms with van der Waals surface area (Å²) in [4.78, 5) is 26.1. The van der Waals surface area contributed by atoms with Gasteiger partial charge in [-0.25, -0.2) is 8.78 Å². The van der Waals surface area contributed by atoms with Gasteiger partial charge in [-0.2, -0.15) is 5.10 Å². The number of amides is 2. The van der Waals surface area contributed by atoms with Crippen LogP contribution in [0.2, 0.25) is 0 Å². The number of phenols is 1. The van der Waals surface area contributed by atoms with Crippen LogP contribution in [0.1, 0.15) is 61.4 Å². The molecule has 0 radical (unpaired) electrons. The normalized spacial score (nSPS) is 18.3. The number of hydrogen-bond donors (Lipinski definition) is 3. The van der Waals surface area contributed by atoms with E-state index in [1.54, 1.807) is 35.3 Å². The molecule has 1 saturated carbocycles. The molecule has 1 saturated heterocycles. The molecule has 1 heterocycles. The van der Waals surface area contributed by atoms with E-state index in [0.29, 0.717) is 60.7 Å². The fourth-order valence-corrected chi connectivity index (χ4v) is 4.88. The van der Waals surface area contributed by atoms with Crippen molar-refractivity contribution in [2.75, 3.05) is 19.7 Å². The first-order valence-corrected chi connectivity index (χ1v) is 14.0. The van der Waals surface area contributed by atoms with Gasteiger partial charge in [0.05, 0.1) is 12.2 Å². The van der Waals surface area contributed by atoms with Gasteiger partial charge in [0.2, 0.25) is 5.91 Å². The number of aromatic hydroxyl groups is 1. The van der Waals surface area contributed by atoms with Crippen molar-refractivity contribution in [3.63, 3.8) is 0 Å². The predicted molar refractivity (Wildman–Crippen MR) is 153 cm³/mol. The lowest BCUT2D eigenvalue weighted by atomic mass is 9.93. The van der Waals surface area contributed by atoms with Crippen LogP contribution in [-0.4, -0.2) is 60.3 Å². The van der Waals surface area contributed by atoms with Crippen LogP contribution in [0.25, 0.3) is 0 Å². The van der Waals surface area contributed by atoms with E-state index in [9.17, 15) is 23.5 Å². The number of benzene rings is 2. The molecule has 2 aliphatic rings. The van der Waals surface area contributed by atoms with Gasteiger partial charge < -0.3 is 20.5 Å². The average Bonchev–Trinajstić information content (AvgIpc) is 3.77. The summed E-state index contributed by atoms with van der Waals surface area (Å²) in [6.45, 7) is 4.55. The van der Waals surface area contributed by atoms with E-state index >= 15 is 0 Å². The molecule has 3 N–H and O–H groups in total. The minimum atomic E-state index is -2.91. The third-order valence-corrected chi connectivity index (χ3v) is 7.33. The number of nitrogens with zero attached hydrogens (tertiary/aromatic N) is 2. The van der Waals surface area contributed by atoms with Gasteiger partial charge in [-0.05, 0) is 73.9 Å². The minimum Gasteiger partial charge on any atom is -0.508 e. The van der Waals surface area contributed by atoms with Gasteiger partial charge in [0.25, 0.3) is 11.8 Å². The Kier molecular flexibility index (Phi) is 9.96. The fourth-order valence-electron chi connectivity index (χ4n) is 4.88. The van der Waals surface area contributed by atoms with Gasteiger partial charge >= 0.3 is 0 Å². The summed E-state index contributed by atoms with van der Waals surface area (Å²) < 4.78 is 31.5. The Bertz CT molecular complexity index is 1270. The first-order valence-electron chi connectivity index (χ1n) is 14.0. The first kappa shape index (κ1) is 30.0. The lowest BCUT2D eigenvalue weighted by molar-refractivity contribution is -0.119. The monoisotopic (exact) mass is 568 g/mol. The molecule has 1 aliphatic heterocycles. The molecule has 0 aromatic heterocycles. The number of rotatable bonds is 14. The molecule has 1 atom stereocenters. The summed E-state index contributed by atoms with van der Waals surface area (Å²) in [6, 6.07) is 13.1. The summed E-state index contributed by atoms with van der Waals surface area (Å²) in [7, 11) is 0. The SMILES string of the molecule is C=NN(CCC1CC1)/C(CNC(=O)c1cccc(O)c1)=C1\CCC(CCc2cccc(OCC(C)(F)F)c2)NC1=O. The van der Waals surface area contributed by atoms with Crippen LogP contribution >= 0.6 is 0 Å². The highest BCUT2D eigenvalue weighted by Gasteiger charge is 2.29. The summed E-state index contributed by atoms with van der Waals surface area (Å²) in [6.07, 6.45) is 5.86. The maximum atomic E-state index is 13.3. The fraction of sp³-hybridized carbons (Fsp3) is 0.452. The van der Waals surface area contributed by atoms with Gasteiger partial charge in [-0.3, -0.25) is 14.6 Å². The molecule has 0 spiro atoms. The molecule has 0 bridgehead atoms. The van der Waals surface area contributed by atoms with E-state index in [4.69, 9.17) is 4.74 Å². The van der Waals surface area contributed by atoms with Crippen LogP contribution < -0.4 is 15.4 Å². The average molecular weight is 569 g/mol. The molecule has 4 rings (SSSR count). The van der Waals surface area contributed by atoms with E-state index in [2.05, 4.69) is 22.5 Å². The lowest BCUT2D eigenvalue weighted by Gasteiger charge is -2.30. The molecule has 10 heteroatoms. The largest absolute Gasteiger partial charge is 0.508 e. The zero-order valence-corrected chi connectivity index (χ0v) is 23.4. The molecule has 2 fully saturated rings. The number of aryl methyl sites for hydroxylation is 1. The van der Waals surface area contributed by atoms with E-state index < -0.39 is 12.5 Å². The van der Waals surface area contributed by atoms with E-state index in [1.807, 2.05) is 6.07 Å². The Labute approximate surface area is 239 Å². The Hall–Kier alpha value is -3.95. The molecule has 2 aromatic rings. The van der Waals surface area contributed by atoms with Crippen LogP contribution in [0.4, 0.5) is 8.78 Å². The van der Waals surface area contributed by atoms with E-state index in [1.165, 1.54) is 25.0 Å². The maximum Gasteiger partial charge on any atom is 0.278 e. The minimum absolute atomic E-state index is 0.00509. The molecule has 220 valence electrons. The zero-order chi connectivity index (χ0) is 29.4. The highest BCUT2D eigenvalue weighted by atomic mass is 19.3. The molecular formula is C31H38F2N4O4. The van der Waals surface area contributed by atoms with Crippen LogP contribution in [-0.2, 0) is 11.2 Å². The number of carbonyl (C=O) groups is 2. The number of carbonyl (C=O) groups excluding carboxylic acids is 2. The van der Waals surface area contributed by atoms with Crippen molar-refractivity contribution in [1.82, 2.24) is 15.6 Å². The summed E-state index contributed by atoms with van der Waals surface area (Å²) in [5, 5.41) is 21.6. The molecule has 41 heavy (non-hydrogen) atoms. The van der Waals surface area contributed by atoms with Crippen LogP contribution in [0, 0.1) is 5.92 Å². The number of hydrogen-bond acceptors (Lipinski definition) is 6. The molecule has 1 unspecified atom stereocenters. The smallest absolute Gasteiger partial charge is 0.278 e. The van der Waals surface area contributed by atoms with Crippen LogP contribution in [0.15, 0.2) is 64.9 Å². The highest BCUT2D eigenvalue weighted by molar-refractivity contribution is 5.96. The Morgan fingerprint density at radius 2 is 1.98 bits per heavy atom. The quantitative estimate of drug-likeness (QED) is 0.168. The number of phenolic OH excluding ortho intramolecular Hbond substituents is 1. The standard InChI is InChI=1S/C31H38F2N4O4/c1-31(32,33)20-41-26-8-3-5-22(17-26)11-12-24-13-14-27(30(40)36-24)28(37(34-2)16-15-21-9-10-21)19-35-29(39)23-6-4-7-25(38)18-23/h3-8,17-18,21,24,38H,2,9-16,19-20H2,1H3,(H,35,39)(H,36,40)/b28-27+. The number of nitrogens with one attached hydrogen (secondary N) is 2. The molecule has 8 nitrogen and oxygen atoms in total. The lowest BCUT2D eigenvalue weighted by Crippen LogP contribution is -2.43. The van der Waals surface area contributed by atoms with Crippen molar-refractivity contribution in [3.8, 4) is 11.5 Å². The van der Waals surface area contributed by atoms with Crippen molar-refractivity contribution in [1.29, 1.82) is 0 Å². The molecule has 1 aliphatic carbocycles. The van der Waals surface area contributed by atoms with Gasteiger partial charge in [-0.1, -0.05) is 31.0 Å². The van der Waals surface area contributed by atoms with Crippen LogP contribution in [0.5, 0.6) is 11.5 Å². The number of alkyl halides is 2. The number of ether oxygens (including phenoxy) is 1. The highest BCUT2D eigenvalue weighted by Crippen LogP contribution is 2.33. The van der Waals surface area contributed by atoms with Gasteiger partial charge in [-0.15, -0.1) is 0 Å². The first-order chi connectivity index (χ1) is 19.6. The molecule has 2 aromatic carbocycles. The third-order valence-electron chi connectivity index (χ3n) is 7.33. The van der Waals surface area contributed by atoms with E-state index in [-0.39, 0.29) is 30.2 Å². The zero-order valence-electron chi connectivity index (χ0n) is 23.4. The summed E-state index contributed by atoms with van der Waals surface area (Å²) in [5.41, 5.74) is 2.44. The second-order valence-corrected chi connectivity index (χ2v) is 10.9. The second kappa shape index (κ2) is 13.6. The molecule has 2 amide bonds. The Morgan fingerprint density at radius 3 is 2.66 bits per heavy atom. The Balaban J connectivity index is 1.40. The predicted octanol–water partition coefficient (Wildman–Crippen LogP) is 5.04. The van der Waals surface area contributed by atoms with Crippen molar-refractivity contribution >= 4 is 18.5 Å². The molecular weight excluding hydrogens is 530 g/mol. The van der Waals surface area contributed by atoms with Crippen LogP contribution in [0.3, 0.4) is 0 Å². The summed E-state index contributed by atoms with van der Waals surface area (Å²) >= 11 is 0. The second-order valence-electron chi connectivity index (χ2n) is 10.9. The van der Waals surface area contributed by atoms with Crippen molar-refractivity contribution < 1.29 is 28.2 Å². The maximum absolute atomic E-state index is 13.3. The van der Waals surface area contributed by atoms with Crippen molar-refractivity contribution in [2.45, 2.75) is 63.8 Å². The number of piperidine rings is 1. The van der Waals surface area contributed by atoms with Crippen molar-refractivity contribution in [3.05, 3.63) is 70.9 Å². The van der Waals surface area contributed by atoms with Gasteiger partial charge in [0, 0.05) is 37.4 Å². The van der Waals surface area contributed by atoms with Crippen molar-refractivity contribution in [2.24, 2.45) is 11.0 Å². The third kappa shape index (κ3) is 9.30. The van der Waals surface area contributed by atoms with E-state index in [0.717, 1.165) is 18.9 Å². The summed E-state index contributed by atoms with van der Waals surface area (Å²) in [5.74, 6) is -2.44. The number of hydrazone groups is 1. The number of halogens is 2. The van der Waals surface area contributed by atoms with Gasteiger partial charge in [0.1, 0.15) is 11.5 Å². The van der Waals surface area contributed by atoms with Gasteiger partial charge in [0.15, 0.2) is 6.61 Å². The Morgan fingerprint density at radius 1 is 1.20 bits per heavy atom. The topological polar surface area (TPSA) is 103 Å².